The van der Waals surface area contributed by atoms with Crippen LogP contribution in [0.2, 0.25) is 5.02 Å². The summed E-state index contributed by atoms with van der Waals surface area (Å²) in [6, 6.07) is 5.20. The minimum atomic E-state index is -0.808. The Balaban J connectivity index is 2.01. The average molecular weight is 296 g/mol. The van der Waals surface area contributed by atoms with Crippen LogP contribution < -0.4 is 5.32 Å². The smallest absolute Gasteiger partial charge is 0.303 e. The van der Waals surface area contributed by atoms with Crippen molar-refractivity contribution in [2.24, 2.45) is 5.41 Å². The summed E-state index contributed by atoms with van der Waals surface area (Å²) in [4.78, 5) is 23.1. The summed E-state index contributed by atoms with van der Waals surface area (Å²) < 4.78 is 0. The largest absolute Gasteiger partial charge is 0.481 e. The van der Waals surface area contributed by atoms with Gasteiger partial charge in [-0.1, -0.05) is 24.1 Å². The molecule has 0 atom stereocenters. The van der Waals surface area contributed by atoms with Gasteiger partial charge in [0, 0.05) is 17.1 Å². The van der Waals surface area contributed by atoms with E-state index in [1.807, 2.05) is 0 Å². The molecule has 1 aliphatic carbocycles. The number of carboxylic acids is 1. The van der Waals surface area contributed by atoms with Gasteiger partial charge in [0.25, 0.3) is 5.91 Å². The van der Waals surface area contributed by atoms with E-state index in [0.717, 1.165) is 24.8 Å². The van der Waals surface area contributed by atoms with Gasteiger partial charge in [-0.3, -0.25) is 9.59 Å². The zero-order valence-corrected chi connectivity index (χ0v) is 12.2. The molecule has 0 heterocycles. The highest BCUT2D eigenvalue weighted by Gasteiger charge is 2.39. The van der Waals surface area contributed by atoms with Crippen molar-refractivity contribution in [1.29, 1.82) is 0 Å². The van der Waals surface area contributed by atoms with E-state index in [1.54, 1.807) is 25.1 Å². The number of rotatable bonds is 5. The molecule has 0 unspecified atom stereocenters. The van der Waals surface area contributed by atoms with Crippen LogP contribution in [0.1, 0.15) is 41.6 Å². The molecule has 2 N–H and O–H groups in total. The van der Waals surface area contributed by atoms with Crippen LogP contribution in [0.25, 0.3) is 0 Å². The van der Waals surface area contributed by atoms with Gasteiger partial charge in [-0.15, -0.1) is 0 Å². The van der Waals surface area contributed by atoms with E-state index in [4.69, 9.17) is 16.7 Å². The lowest BCUT2D eigenvalue weighted by atomic mass is 9.66. The molecule has 0 bridgehead atoms. The lowest BCUT2D eigenvalue weighted by Gasteiger charge is -2.40. The van der Waals surface area contributed by atoms with Gasteiger partial charge in [-0.2, -0.15) is 0 Å². The van der Waals surface area contributed by atoms with E-state index < -0.39 is 5.97 Å². The Bertz CT molecular complexity index is 538. The van der Waals surface area contributed by atoms with Gasteiger partial charge in [0.15, 0.2) is 0 Å². The van der Waals surface area contributed by atoms with E-state index in [-0.39, 0.29) is 17.7 Å². The number of carbonyl (C=O) groups is 2. The van der Waals surface area contributed by atoms with Crippen LogP contribution in [0.4, 0.5) is 0 Å². The standard InChI is InChI=1S/C15H18ClNO3/c1-10-11(4-2-5-12(10)16)14(20)17-9-15(6-3-7-15)8-13(18)19/h2,4-5H,3,6-9H2,1H3,(H,17,20)(H,18,19). The van der Waals surface area contributed by atoms with Crippen molar-refractivity contribution in [2.75, 3.05) is 6.54 Å². The van der Waals surface area contributed by atoms with Crippen LogP contribution in [0.5, 0.6) is 0 Å². The Hall–Kier alpha value is -1.55. The number of nitrogens with one attached hydrogen (secondary N) is 1. The Morgan fingerprint density at radius 2 is 2.10 bits per heavy atom. The number of carbonyl (C=O) groups excluding carboxylic acids is 1. The Labute approximate surface area is 123 Å². The molecule has 4 nitrogen and oxygen atoms in total. The normalized spacial score (nSPS) is 16.3. The lowest BCUT2D eigenvalue weighted by molar-refractivity contribution is -0.141. The van der Waals surface area contributed by atoms with Crippen molar-refractivity contribution in [2.45, 2.75) is 32.6 Å². The maximum Gasteiger partial charge on any atom is 0.303 e. The maximum atomic E-state index is 12.2. The summed E-state index contributed by atoms with van der Waals surface area (Å²) in [6.45, 7) is 2.21. The molecular formula is C15H18ClNO3. The van der Waals surface area contributed by atoms with E-state index in [2.05, 4.69) is 5.32 Å². The Kier molecular flexibility index (Phi) is 4.33. The molecule has 1 amide bonds. The van der Waals surface area contributed by atoms with Gasteiger partial charge < -0.3 is 10.4 Å². The van der Waals surface area contributed by atoms with Crippen LogP contribution in [0.15, 0.2) is 18.2 Å². The molecule has 1 aromatic rings. The molecule has 0 aromatic heterocycles. The third-order valence-corrected chi connectivity index (χ3v) is 4.49. The highest BCUT2D eigenvalue weighted by atomic mass is 35.5. The van der Waals surface area contributed by atoms with Gasteiger partial charge in [0.05, 0.1) is 6.42 Å². The Morgan fingerprint density at radius 1 is 1.40 bits per heavy atom. The van der Waals surface area contributed by atoms with Crippen molar-refractivity contribution >= 4 is 23.5 Å². The summed E-state index contributed by atoms with van der Waals surface area (Å²) in [5.41, 5.74) is 1.02. The molecular weight excluding hydrogens is 278 g/mol. The minimum Gasteiger partial charge on any atom is -0.481 e. The number of halogens is 1. The lowest BCUT2D eigenvalue weighted by Crippen LogP contribution is -2.43. The molecule has 2 rings (SSSR count). The predicted molar refractivity (Wildman–Crippen MR) is 77.1 cm³/mol. The molecule has 0 saturated heterocycles. The van der Waals surface area contributed by atoms with Crippen LogP contribution in [0, 0.1) is 12.3 Å². The van der Waals surface area contributed by atoms with Crippen LogP contribution in [-0.4, -0.2) is 23.5 Å². The zero-order valence-electron chi connectivity index (χ0n) is 11.4. The van der Waals surface area contributed by atoms with Crippen LogP contribution >= 0.6 is 11.6 Å². The highest BCUT2D eigenvalue weighted by Crippen LogP contribution is 2.43. The summed E-state index contributed by atoms with van der Waals surface area (Å²) >= 11 is 6.00. The van der Waals surface area contributed by atoms with Crippen LogP contribution in [-0.2, 0) is 4.79 Å². The third-order valence-electron chi connectivity index (χ3n) is 4.08. The molecule has 108 valence electrons. The number of carboxylic acid groups (broad SMARTS) is 1. The molecule has 1 saturated carbocycles. The first-order valence-corrected chi connectivity index (χ1v) is 7.06. The van der Waals surface area contributed by atoms with E-state index in [1.165, 1.54) is 0 Å². The molecule has 20 heavy (non-hydrogen) atoms. The average Bonchev–Trinajstić information content (AvgIpc) is 2.35. The zero-order chi connectivity index (χ0) is 14.8. The van der Waals surface area contributed by atoms with Crippen molar-refractivity contribution in [3.05, 3.63) is 34.3 Å². The van der Waals surface area contributed by atoms with Crippen molar-refractivity contribution in [1.82, 2.24) is 5.32 Å². The summed E-state index contributed by atoms with van der Waals surface area (Å²) in [7, 11) is 0. The van der Waals surface area contributed by atoms with E-state index in [0.29, 0.717) is 17.1 Å². The topological polar surface area (TPSA) is 66.4 Å². The molecule has 1 aliphatic rings. The number of hydrogen-bond donors (Lipinski definition) is 2. The summed E-state index contributed by atoms with van der Waals surface area (Å²) in [5.74, 6) is -1.00. The summed E-state index contributed by atoms with van der Waals surface area (Å²) in [5, 5.41) is 12.4. The monoisotopic (exact) mass is 295 g/mol. The fraction of sp³-hybridized carbons (Fsp3) is 0.467. The number of aliphatic carboxylic acids is 1. The quantitative estimate of drug-likeness (QED) is 0.877. The van der Waals surface area contributed by atoms with Crippen molar-refractivity contribution in [3.8, 4) is 0 Å². The van der Waals surface area contributed by atoms with Gasteiger partial charge in [-0.25, -0.2) is 0 Å². The second-order valence-electron chi connectivity index (χ2n) is 5.52. The maximum absolute atomic E-state index is 12.2. The van der Waals surface area contributed by atoms with Gasteiger partial charge in [0.2, 0.25) is 0 Å². The van der Waals surface area contributed by atoms with E-state index in [9.17, 15) is 9.59 Å². The first kappa shape index (κ1) is 14.9. The second-order valence-corrected chi connectivity index (χ2v) is 5.93. The van der Waals surface area contributed by atoms with Gasteiger partial charge >= 0.3 is 5.97 Å². The highest BCUT2D eigenvalue weighted by molar-refractivity contribution is 6.31. The SMILES string of the molecule is Cc1c(Cl)cccc1C(=O)NCC1(CC(=O)O)CCC1. The van der Waals surface area contributed by atoms with E-state index >= 15 is 0 Å². The minimum absolute atomic E-state index is 0.113. The van der Waals surface area contributed by atoms with Crippen molar-refractivity contribution in [3.63, 3.8) is 0 Å². The molecule has 5 heteroatoms. The first-order valence-electron chi connectivity index (χ1n) is 6.69. The molecule has 1 fully saturated rings. The molecule has 0 aliphatic heterocycles. The Morgan fingerprint density at radius 3 is 2.65 bits per heavy atom. The third kappa shape index (κ3) is 3.12. The second kappa shape index (κ2) is 5.83. The number of amides is 1. The summed E-state index contributed by atoms with van der Waals surface area (Å²) in [6.07, 6.45) is 2.85. The first-order chi connectivity index (χ1) is 9.43. The molecule has 0 radical (unpaired) electrons. The van der Waals surface area contributed by atoms with Crippen LogP contribution in [0.3, 0.4) is 0 Å². The predicted octanol–water partition coefficient (Wildman–Crippen LogP) is 3.02. The number of benzene rings is 1. The van der Waals surface area contributed by atoms with Crippen molar-refractivity contribution < 1.29 is 14.7 Å². The molecule has 1 aromatic carbocycles. The fourth-order valence-electron chi connectivity index (χ4n) is 2.63. The number of hydrogen-bond acceptors (Lipinski definition) is 2. The molecule has 0 spiro atoms. The van der Waals surface area contributed by atoms with Gasteiger partial charge in [0.1, 0.15) is 0 Å². The fourth-order valence-corrected chi connectivity index (χ4v) is 2.80. The van der Waals surface area contributed by atoms with Gasteiger partial charge in [-0.05, 0) is 42.9 Å².